The number of benzene rings is 2. The van der Waals surface area contributed by atoms with E-state index in [1.165, 1.54) is 38.4 Å². The molecule has 1 amide bonds. The SMILES string of the molecule is CN(C)S(=O)(=O)c1ccc(NC(=O)C2(c3cccc(F)c3)CCC2)cc1. The molecule has 0 saturated heterocycles. The Kier molecular flexibility index (Phi) is 4.86. The molecule has 7 heteroatoms. The maximum atomic E-state index is 13.6. The van der Waals surface area contributed by atoms with Crippen LogP contribution in [0.2, 0.25) is 0 Å². The Labute approximate surface area is 152 Å². The zero-order valence-electron chi connectivity index (χ0n) is 14.7. The molecule has 0 bridgehead atoms. The summed E-state index contributed by atoms with van der Waals surface area (Å²) in [4.78, 5) is 13.0. The number of rotatable bonds is 5. The fourth-order valence-electron chi connectivity index (χ4n) is 3.14. The summed E-state index contributed by atoms with van der Waals surface area (Å²) in [5, 5.41) is 2.84. The Morgan fingerprint density at radius 2 is 1.77 bits per heavy atom. The molecule has 0 radical (unpaired) electrons. The van der Waals surface area contributed by atoms with Gasteiger partial charge in [0.2, 0.25) is 15.9 Å². The first-order chi connectivity index (χ1) is 12.3. The number of halogens is 1. The lowest BCUT2D eigenvalue weighted by atomic mass is 9.63. The molecule has 1 aliphatic carbocycles. The molecule has 1 N–H and O–H groups in total. The molecular weight excluding hydrogens is 355 g/mol. The zero-order valence-corrected chi connectivity index (χ0v) is 15.5. The number of carbonyl (C=O) groups excluding carboxylic acids is 1. The average Bonchev–Trinajstić information content (AvgIpc) is 2.54. The van der Waals surface area contributed by atoms with Gasteiger partial charge in [-0.2, -0.15) is 0 Å². The number of hydrogen-bond acceptors (Lipinski definition) is 3. The molecule has 0 heterocycles. The van der Waals surface area contributed by atoms with Crippen LogP contribution in [0.1, 0.15) is 24.8 Å². The molecule has 26 heavy (non-hydrogen) atoms. The van der Waals surface area contributed by atoms with E-state index in [-0.39, 0.29) is 16.6 Å². The van der Waals surface area contributed by atoms with Gasteiger partial charge < -0.3 is 5.32 Å². The topological polar surface area (TPSA) is 66.5 Å². The lowest BCUT2D eigenvalue weighted by molar-refractivity contribution is -0.124. The number of nitrogens with one attached hydrogen (secondary N) is 1. The van der Waals surface area contributed by atoms with E-state index < -0.39 is 15.4 Å². The fraction of sp³-hybridized carbons (Fsp3) is 0.316. The van der Waals surface area contributed by atoms with Gasteiger partial charge in [0.15, 0.2) is 0 Å². The monoisotopic (exact) mass is 376 g/mol. The molecule has 2 aromatic rings. The minimum absolute atomic E-state index is 0.156. The lowest BCUT2D eigenvalue weighted by Crippen LogP contribution is -2.46. The van der Waals surface area contributed by atoms with E-state index >= 15 is 0 Å². The maximum absolute atomic E-state index is 13.6. The van der Waals surface area contributed by atoms with Gasteiger partial charge in [-0.25, -0.2) is 17.1 Å². The van der Waals surface area contributed by atoms with Crippen molar-refractivity contribution in [3.05, 3.63) is 59.9 Å². The number of anilines is 1. The predicted molar refractivity (Wildman–Crippen MR) is 97.9 cm³/mol. The van der Waals surface area contributed by atoms with Crippen molar-refractivity contribution in [2.45, 2.75) is 29.6 Å². The molecular formula is C19H21FN2O3S. The Balaban J connectivity index is 1.81. The highest BCUT2D eigenvalue weighted by atomic mass is 32.2. The van der Waals surface area contributed by atoms with Crippen LogP contribution in [0.25, 0.3) is 0 Å². The Bertz CT molecular complexity index is 920. The van der Waals surface area contributed by atoms with E-state index in [9.17, 15) is 17.6 Å². The molecule has 0 aromatic heterocycles. The largest absolute Gasteiger partial charge is 0.325 e. The van der Waals surface area contributed by atoms with Crippen molar-refractivity contribution in [2.75, 3.05) is 19.4 Å². The highest BCUT2D eigenvalue weighted by Crippen LogP contribution is 2.44. The van der Waals surface area contributed by atoms with Gasteiger partial charge in [-0.05, 0) is 54.8 Å². The van der Waals surface area contributed by atoms with Crippen LogP contribution in [0.15, 0.2) is 53.4 Å². The Morgan fingerprint density at radius 3 is 2.27 bits per heavy atom. The van der Waals surface area contributed by atoms with Crippen LogP contribution in [-0.2, 0) is 20.2 Å². The standard InChI is InChI=1S/C19H21FN2O3S/c1-22(2)26(24,25)17-9-7-16(8-10-17)21-18(23)19(11-4-12-19)14-5-3-6-15(20)13-14/h3,5-10,13H,4,11-12H2,1-2H3,(H,21,23). The minimum atomic E-state index is -3.51. The smallest absolute Gasteiger partial charge is 0.242 e. The van der Waals surface area contributed by atoms with Crippen molar-refractivity contribution >= 4 is 21.6 Å². The van der Waals surface area contributed by atoms with Gasteiger partial charge in [0.25, 0.3) is 0 Å². The third-order valence-corrected chi connectivity index (χ3v) is 6.74. The van der Waals surface area contributed by atoms with Crippen molar-refractivity contribution < 1.29 is 17.6 Å². The number of nitrogens with zero attached hydrogens (tertiary/aromatic N) is 1. The van der Waals surface area contributed by atoms with Gasteiger partial charge in [-0.3, -0.25) is 4.79 Å². The van der Waals surface area contributed by atoms with Crippen molar-refractivity contribution in [3.63, 3.8) is 0 Å². The summed E-state index contributed by atoms with van der Waals surface area (Å²) < 4.78 is 38.9. The van der Waals surface area contributed by atoms with Crippen LogP contribution in [0.5, 0.6) is 0 Å². The molecule has 0 aliphatic heterocycles. The summed E-state index contributed by atoms with van der Waals surface area (Å²) >= 11 is 0. The quantitative estimate of drug-likeness (QED) is 0.872. The fourth-order valence-corrected chi connectivity index (χ4v) is 4.04. The van der Waals surface area contributed by atoms with Crippen LogP contribution in [-0.4, -0.2) is 32.7 Å². The molecule has 0 atom stereocenters. The predicted octanol–water partition coefficient (Wildman–Crippen LogP) is 3.14. The molecule has 1 aliphatic rings. The van der Waals surface area contributed by atoms with Crippen molar-refractivity contribution in [1.82, 2.24) is 4.31 Å². The van der Waals surface area contributed by atoms with Crippen molar-refractivity contribution in [3.8, 4) is 0 Å². The number of carbonyl (C=O) groups is 1. The van der Waals surface area contributed by atoms with Crippen LogP contribution < -0.4 is 5.32 Å². The van der Waals surface area contributed by atoms with Crippen LogP contribution in [0.3, 0.4) is 0 Å². The molecule has 1 saturated carbocycles. The van der Waals surface area contributed by atoms with E-state index in [0.29, 0.717) is 24.1 Å². The second-order valence-electron chi connectivity index (χ2n) is 6.71. The second kappa shape index (κ2) is 6.81. The summed E-state index contributed by atoms with van der Waals surface area (Å²) in [7, 11) is -0.587. The van der Waals surface area contributed by atoms with Gasteiger partial charge >= 0.3 is 0 Å². The van der Waals surface area contributed by atoms with Gasteiger partial charge in [0.05, 0.1) is 10.3 Å². The normalized spacial score (nSPS) is 16.2. The first kappa shape index (κ1) is 18.5. The first-order valence-electron chi connectivity index (χ1n) is 8.36. The molecule has 1 fully saturated rings. The molecule has 0 unspecified atom stereocenters. The average molecular weight is 376 g/mol. The third kappa shape index (κ3) is 3.24. The summed E-state index contributed by atoms with van der Waals surface area (Å²) in [6, 6.07) is 12.2. The highest BCUT2D eigenvalue weighted by Gasteiger charge is 2.45. The van der Waals surface area contributed by atoms with Crippen LogP contribution in [0, 0.1) is 5.82 Å². The van der Waals surface area contributed by atoms with Crippen LogP contribution >= 0.6 is 0 Å². The molecule has 3 rings (SSSR count). The Morgan fingerprint density at radius 1 is 1.12 bits per heavy atom. The summed E-state index contributed by atoms with van der Waals surface area (Å²) in [6.45, 7) is 0. The molecule has 0 spiro atoms. The molecule has 2 aromatic carbocycles. The summed E-state index contributed by atoms with van der Waals surface area (Å²) in [5.41, 5.74) is 0.458. The van der Waals surface area contributed by atoms with Crippen molar-refractivity contribution in [1.29, 1.82) is 0 Å². The van der Waals surface area contributed by atoms with Gasteiger partial charge in [0.1, 0.15) is 5.82 Å². The number of hydrogen-bond donors (Lipinski definition) is 1. The molecule has 138 valence electrons. The minimum Gasteiger partial charge on any atom is -0.325 e. The van der Waals surface area contributed by atoms with E-state index in [0.717, 1.165) is 10.7 Å². The first-order valence-corrected chi connectivity index (χ1v) is 9.80. The third-order valence-electron chi connectivity index (χ3n) is 4.91. The zero-order chi connectivity index (χ0) is 18.9. The van der Waals surface area contributed by atoms with Gasteiger partial charge in [0, 0.05) is 19.8 Å². The van der Waals surface area contributed by atoms with E-state index in [4.69, 9.17) is 0 Å². The van der Waals surface area contributed by atoms with Gasteiger partial charge in [-0.1, -0.05) is 18.6 Å². The number of amides is 1. The highest BCUT2D eigenvalue weighted by molar-refractivity contribution is 7.89. The molecule has 5 nitrogen and oxygen atoms in total. The summed E-state index contributed by atoms with van der Waals surface area (Å²) in [6.07, 6.45) is 2.23. The number of sulfonamides is 1. The van der Waals surface area contributed by atoms with E-state index in [1.54, 1.807) is 24.3 Å². The van der Waals surface area contributed by atoms with Crippen molar-refractivity contribution in [2.24, 2.45) is 0 Å². The summed E-state index contributed by atoms with van der Waals surface area (Å²) in [5.74, 6) is -0.558. The van der Waals surface area contributed by atoms with Crippen LogP contribution in [0.4, 0.5) is 10.1 Å². The van der Waals surface area contributed by atoms with Gasteiger partial charge in [-0.15, -0.1) is 0 Å². The van der Waals surface area contributed by atoms with E-state index in [2.05, 4.69) is 5.32 Å². The Hall–Kier alpha value is -2.25. The maximum Gasteiger partial charge on any atom is 0.242 e. The lowest BCUT2D eigenvalue weighted by Gasteiger charge is -2.40. The van der Waals surface area contributed by atoms with E-state index in [1.807, 2.05) is 0 Å². The second-order valence-corrected chi connectivity index (χ2v) is 8.86.